The molecular formula is C14H19NO4S2. The van der Waals surface area contributed by atoms with Crippen LogP contribution in [0.4, 0.5) is 0 Å². The van der Waals surface area contributed by atoms with Gasteiger partial charge < -0.3 is 5.11 Å². The molecule has 7 heteroatoms. The van der Waals surface area contributed by atoms with Crippen molar-refractivity contribution < 1.29 is 18.3 Å². The normalized spacial score (nSPS) is 27.7. The molecule has 116 valence electrons. The molecule has 1 saturated heterocycles. The number of thiophene rings is 1. The van der Waals surface area contributed by atoms with Gasteiger partial charge in [-0.15, -0.1) is 11.3 Å². The van der Waals surface area contributed by atoms with Crippen molar-refractivity contribution in [3.8, 4) is 0 Å². The van der Waals surface area contributed by atoms with Gasteiger partial charge in [-0.25, -0.2) is 8.42 Å². The van der Waals surface area contributed by atoms with E-state index < -0.39 is 15.8 Å². The van der Waals surface area contributed by atoms with Crippen molar-refractivity contribution in [3.05, 3.63) is 21.9 Å². The van der Waals surface area contributed by atoms with Crippen LogP contribution < -0.4 is 0 Å². The minimum Gasteiger partial charge on any atom is -0.480 e. The number of fused-ring (bicyclic) bond motifs is 1. The Morgan fingerprint density at radius 1 is 1.43 bits per heavy atom. The van der Waals surface area contributed by atoms with Crippen molar-refractivity contribution in [1.82, 2.24) is 4.90 Å². The van der Waals surface area contributed by atoms with Gasteiger partial charge in [-0.2, -0.15) is 0 Å². The van der Waals surface area contributed by atoms with Crippen molar-refractivity contribution in [2.24, 2.45) is 0 Å². The summed E-state index contributed by atoms with van der Waals surface area (Å²) in [6.07, 6.45) is 3.54. The van der Waals surface area contributed by atoms with E-state index in [1.54, 1.807) is 11.3 Å². The highest BCUT2D eigenvalue weighted by molar-refractivity contribution is 7.91. The predicted molar refractivity (Wildman–Crippen MR) is 81.4 cm³/mol. The van der Waals surface area contributed by atoms with Gasteiger partial charge >= 0.3 is 5.97 Å². The standard InChI is InChI=1S/C14H19NO4S2/c16-14(17)8-15(10-5-7-21(18,19)9-10)12-2-1-3-13-11(12)4-6-20-13/h4,6,10,12H,1-3,5,7-9H2,(H,16,17). The summed E-state index contributed by atoms with van der Waals surface area (Å²) in [7, 11) is -3.01. The monoisotopic (exact) mass is 329 g/mol. The van der Waals surface area contributed by atoms with Crippen molar-refractivity contribution in [2.75, 3.05) is 18.1 Å². The summed E-state index contributed by atoms with van der Waals surface area (Å²) in [5.74, 6) is -0.616. The zero-order valence-electron chi connectivity index (χ0n) is 11.7. The second-order valence-electron chi connectivity index (χ2n) is 5.83. The Balaban J connectivity index is 1.89. The van der Waals surface area contributed by atoms with Gasteiger partial charge in [-0.3, -0.25) is 9.69 Å². The number of carboxylic acids is 1. The minimum absolute atomic E-state index is 0.0504. The molecule has 0 saturated carbocycles. The van der Waals surface area contributed by atoms with Crippen LogP contribution in [-0.2, 0) is 21.1 Å². The first-order chi connectivity index (χ1) is 9.96. The lowest BCUT2D eigenvalue weighted by Gasteiger charge is -2.37. The van der Waals surface area contributed by atoms with E-state index in [1.165, 1.54) is 10.4 Å². The number of carbonyl (C=O) groups is 1. The summed E-state index contributed by atoms with van der Waals surface area (Å²) in [6, 6.07) is 1.96. The molecule has 1 fully saturated rings. The van der Waals surface area contributed by atoms with Gasteiger partial charge in [0.15, 0.2) is 9.84 Å². The average molecular weight is 329 g/mol. The van der Waals surface area contributed by atoms with E-state index in [2.05, 4.69) is 6.07 Å². The first kappa shape index (κ1) is 15.0. The highest BCUT2D eigenvalue weighted by atomic mass is 32.2. The molecule has 1 aromatic heterocycles. The summed E-state index contributed by atoms with van der Waals surface area (Å²) in [4.78, 5) is 14.5. The molecule has 0 amide bonds. The van der Waals surface area contributed by atoms with Gasteiger partial charge in [0, 0.05) is 17.0 Å². The molecule has 2 aliphatic rings. The third-order valence-corrected chi connectivity index (χ3v) is 7.16. The first-order valence-electron chi connectivity index (χ1n) is 7.20. The van der Waals surface area contributed by atoms with E-state index in [0.717, 1.165) is 19.3 Å². The number of carboxylic acid groups (broad SMARTS) is 1. The van der Waals surface area contributed by atoms with Gasteiger partial charge in [0.1, 0.15) is 0 Å². The molecule has 21 heavy (non-hydrogen) atoms. The van der Waals surface area contributed by atoms with Gasteiger partial charge in [-0.1, -0.05) is 0 Å². The molecule has 0 spiro atoms. The van der Waals surface area contributed by atoms with Crippen molar-refractivity contribution in [3.63, 3.8) is 0 Å². The van der Waals surface area contributed by atoms with Crippen LogP contribution in [0, 0.1) is 0 Å². The zero-order chi connectivity index (χ0) is 15.0. The number of hydrogen-bond acceptors (Lipinski definition) is 5. The average Bonchev–Trinajstić information content (AvgIpc) is 3.01. The molecule has 1 aliphatic carbocycles. The van der Waals surface area contributed by atoms with Crippen LogP contribution in [0.3, 0.4) is 0 Å². The number of hydrogen-bond donors (Lipinski definition) is 1. The SMILES string of the molecule is O=C(O)CN(C1CCS(=O)(=O)C1)C1CCCc2sccc21. The lowest BCUT2D eigenvalue weighted by Crippen LogP contribution is -2.43. The van der Waals surface area contributed by atoms with Crippen LogP contribution in [0.25, 0.3) is 0 Å². The molecular weight excluding hydrogens is 310 g/mol. The maximum Gasteiger partial charge on any atom is 0.317 e. The van der Waals surface area contributed by atoms with E-state index in [-0.39, 0.29) is 30.1 Å². The zero-order valence-corrected chi connectivity index (χ0v) is 13.3. The lowest BCUT2D eigenvalue weighted by atomic mass is 9.91. The predicted octanol–water partition coefficient (Wildman–Crippen LogP) is 1.70. The Kier molecular flexibility index (Phi) is 4.07. The second kappa shape index (κ2) is 5.70. The van der Waals surface area contributed by atoms with Crippen LogP contribution in [-0.4, -0.2) is 48.5 Å². The van der Waals surface area contributed by atoms with E-state index >= 15 is 0 Å². The molecule has 0 bridgehead atoms. The number of rotatable bonds is 4. The molecule has 3 rings (SSSR count). The Labute approximate surface area is 128 Å². The summed E-state index contributed by atoms with van der Waals surface area (Å²) in [6.45, 7) is -0.0832. The Morgan fingerprint density at radius 3 is 2.90 bits per heavy atom. The van der Waals surface area contributed by atoms with E-state index in [9.17, 15) is 18.3 Å². The highest BCUT2D eigenvalue weighted by Crippen LogP contribution is 2.39. The number of aliphatic carboxylic acids is 1. The van der Waals surface area contributed by atoms with Crippen LogP contribution >= 0.6 is 11.3 Å². The largest absolute Gasteiger partial charge is 0.480 e. The fourth-order valence-electron chi connectivity index (χ4n) is 3.49. The quantitative estimate of drug-likeness (QED) is 0.910. The molecule has 2 atom stereocenters. The van der Waals surface area contributed by atoms with Gasteiger partial charge in [0.05, 0.1) is 18.1 Å². The summed E-state index contributed by atoms with van der Waals surface area (Å²) < 4.78 is 23.5. The molecule has 1 aliphatic heterocycles. The van der Waals surface area contributed by atoms with E-state index in [0.29, 0.717) is 6.42 Å². The van der Waals surface area contributed by atoms with Crippen molar-refractivity contribution in [2.45, 2.75) is 37.8 Å². The third kappa shape index (κ3) is 3.14. The molecule has 5 nitrogen and oxygen atoms in total. The van der Waals surface area contributed by atoms with Crippen LogP contribution in [0.1, 0.15) is 35.7 Å². The summed E-state index contributed by atoms with van der Waals surface area (Å²) in [5, 5.41) is 11.3. The molecule has 2 heterocycles. The maximum atomic E-state index is 11.7. The highest BCUT2D eigenvalue weighted by Gasteiger charge is 2.38. The van der Waals surface area contributed by atoms with Crippen LogP contribution in [0.15, 0.2) is 11.4 Å². The molecule has 1 aromatic rings. The Hall–Kier alpha value is -0.920. The smallest absolute Gasteiger partial charge is 0.317 e. The summed E-state index contributed by atoms with van der Waals surface area (Å²) >= 11 is 1.72. The van der Waals surface area contributed by atoms with E-state index in [1.807, 2.05) is 10.3 Å². The van der Waals surface area contributed by atoms with Crippen molar-refractivity contribution >= 4 is 27.1 Å². The second-order valence-corrected chi connectivity index (χ2v) is 9.06. The first-order valence-corrected chi connectivity index (χ1v) is 9.90. The number of sulfone groups is 1. The molecule has 2 unspecified atom stereocenters. The Bertz CT molecular complexity index is 637. The van der Waals surface area contributed by atoms with Gasteiger partial charge in [0.25, 0.3) is 0 Å². The Morgan fingerprint density at radius 2 is 2.24 bits per heavy atom. The third-order valence-electron chi connectivity index (χ3n) is 4.42. The lowest BCUT2D eigenvalue weighted by molar-refractivity contribution is -0.139. The number of aryl methyl sites for hydroxylation is 1. The van der Waals surface area contributed by atoms with Crippen LogP contribution in [0.2, 0.25) is 0 Å². The topological polar surface area (TPSA) is 74.7 Å². The van der Waals surface area contributed by atoms with E-state index in [4.69, 9.17) is 0 Å². The fourth-order valence-corrected chi connectivity index (χ4v) is 6.22. The number of nitrogens with zero attached hydrogens (tertiary/aromatic N) is 1. The van der Waals surface area contributed by atoms with Crippen molar-refractivity contribution in [1.29, 1.82) is 0 Å². The molecule has 0 radical (unpaired) electrons. The molecule has 0 aromatic carbocycles. The van der Waals surface area contributed by atoms with Gasteiger partial charge in [-0.05, 0) is 42.7 Å². The van der Waals surface area contributed by atoms with Gasteiger partial charge in [0.2, 0.25) is 0 Å². The minimum atomic E-state index is -3.01. The molecule has 1 N–H and O–H groups in total. The fraction of sp³-hybridized carbons (Fsp3) is 0.643. The summed E-state index contributed by atoms with van der Waals surface area (Å²) in [5.41, 5.74) is 1.21. The van der Waals surface area contributed by atoms with Crippen LogP contribution in [0.5, 0.6) is 0 Å². The maximum absolute atomic E-state index is 11.7.